The van der Waals surface area contributed by atoms with E-state index in [-0.39, 0.29) is 18.3 Å². The lowest BCUT2D eigenvalue weighted by Gasteiger charge is -2.17. The van der Waals surface area contributed by atoms with Gasteiger partial charge in [0.2, 0.25) is 5.91 Å². The van der Waals surface area contributed by atoms with Gasteiger partial charge in [0.25, 0.3) is 0 Å². The highest BCUT2D eigenvalue weighted by molar-refractivity contribution is 5.85. The number of amides is 1. The lowest BCUT2D eigenvalue weighted by Crippen LogP contribution is -2.31. The summed E-state index contributed by atoms with van der Waals surface area (Å²) in [5, 5.41) is 0. The lowest BCUT2D eigenvalue weighted by atomic mass is 10.1. The summed E-state index contributed by atoms with van der Waals surface area (Å²) in [7, 11) is 0. The number of carbonyl (C=O) groups is 1. The quantitative estimate of drug-likeness (QED) is 0.908. The van der Waals surface area contributed by atoms with Crippen LogP contribution < -0.4 is 5.73 Å². The summed E-state index contributed by atoms with van der Waals surface area (Å²) in [5.41, 5.74) is 7.96. The molecule has 0 aromatic heterocycles. The van der Waals surface area contributed by atoms with Crippen molar-refractivity contribution in [1.82, 2.24) is 4.90 Å². The fourth-order valence-corrected chi connectivity index (χ4v) is 2.33. The van der Waals surface area contributed by atoms with Gasteiger partial charge in [-0.25, -0.2) is 0 Å². The maximum Gasteiger partial charge on any atom is 0.227 e. The second-order valence-corrected chi connectivity index (χ2v) is 4.83. The first-order valence-corrected chi connectivity index (χ1v) is 6.23. The molecule has 1 aliphatic rings. The van der Waals surface area contributed by atoms with Gasteiger partial charge in [0.15, 0.2) is 0 Å². The molecule has 1 aromatic carbocycles. The minimum Gasteiger partial charge on any atom is -0.342 e. The van der Waals surface area contributed by atoms with Crippen molar-refractivity contribution >= 4 is 18.3 Å². The van der Waals surface area contributed by atoms with Gasteiger partial charge in [-0.05, 0) is 36.9 Å². The fraction of sp³-hybridized carbons (Fsp3) is 0.500. The number of nitrogens with two attached hydrogens (primary N) is 1. The molecule has 100 valence electrons. The van der Waals surface area contributed by atoms with Crippen molar-refractivity contribution in [2.45, 2.75) is 19.8 Å². The third kappa shape index (κ3) is 3.47. The number of halogens is 1. The van der Waals surface area contributed by atoms with E-state index in [0.717, 1.165) is 25.1 Å². The Morgan fingerprint density at radius 2 is 2.17 bits per heavy atom. The molecule has 1 amide bonds. The van der Waals surface area contributed by atoms with Crippen LogP contribution in [0.25, 0.3) is 0 Å². The van der Waals surface area contributed by atoms with E-state index in [2.05, 4.69) is 13.0 Å². The number of likely N-dealkylation sites (tertiary alicyclic amines) is 1. The van der Waals surface area contributed by atoms with Gasteiger partial charge >= 0.3 is 0 Å². The molecule has 2 N–H and O–H groups in total. The second kappa shape index (κ2) is 6.76. The Balaban J connectivity index is 0.00000162. The molecule has 0 aliphatic carbocycles. The number of carbonyl (C=O) groups excluding carboxylic acids is 1. The van der Waals surface area contributed by atoms with Crippen LogP contribution in [-0.2, 0) is 11.2 Å². The Kier molecular flexibility index (Phi) is 5.63. The number of benzene rings is 1. The zero-order valence-corrected chi connectivity index (χ0v) is 11.6. The number of nitrogens with zero attached hydrogens (tertiary/aromatic N) is 1. The van der Waals surface area contributed by atoms with Crippen LogP contribution in [0.5, 0.6) is 0 Å². The lowest BCUT2D eigenvalue weighted by molar-refractivity contribution is -0.129. The van der Waals surface area contributed by atoms with Crippen LogP contribution in [-0.4, -0.2) is 30.4 Å². The van der Waals surface area contributed by atoms with E-state index >= 15 is 0 Å². The molecule has 1 atom stereocenters. The summed E-state index contributed by atoms with van der Waals surface area (Å²) in [6.07, 6.45) is 1.57. The topological polar surface area (TPSA) is 46.3 Å². The van der Waals surface area contributed by atoms with Crippen LogP contribution in [0.15, 0.2) is 24.3 Å². The molecule has 0 radical (unpaired) electrons. The SMILES string of the molecule is Cc1ccccc1CC(=O)N1CCC(CN)C1.Cl. The Bertz CT molecular complexity index is 409. The van der Waals surface area contributed by atoms with Crippen LogP contribution in [0, 0.1) is 12.8 Å². The molecule has 0 spiro atoms. The van der Waals surface area contributed by atoms with Gasteiger partial charge in [-0.1, -0.05) is 24.3 Å². The molecule has 1 saturated heterocycles. The number of hydrogen-bond acceptors (Lipinski definition) is 2. The van der Waals surface area contributed by atoms with E-state index in [0.29, 0.717) is 18.9 Å². The summed E-state index contributed by atoms with van der Waals surface area (Å²) in [6, 6.07) is 8.07. The third-order valence-corrected chi connectivity index (χ3v) is 3.57. The Hall–Kier alpha value is -1.06. The largest absolute Gasteiger partial charge is 0.342 e. The third-order valence-electron chi connectivity index (χ3n) is 3.57. The van der Waals surface area contributed by atoms with Gasteiger partial charge in [0.05, 0.1) is 6.42 Å². The molecule has 1 heterocycles. The van der Waals surface area contributed by atoms with E-state index < -0.39 is 0 Å². The maximum absolute atomic E-state index is 12.1. The molecule has 0 saturated carbocycles. The average molecular weight is 269 g/mol. The van der Waals surface area contributed by atoms with Crippen molar-refractivity contribution in [3.8, 4) is 0 Å². The van der Waals surface area contributed by atoms with Crippen molar-refractivity contribution in [3.05, 3.63) is 35.4 Å². The Morgan fingerprint density at radius 3 is 2.78 bits per heavy atom. The van der Waals surface area contributed by atoms with Crippen LogP contribution in [0.1, 0.15) is 17.5 Å². The van der Waals surface area contributed by atoms with Crippen molar-refractivity contribution in [2.75, 3.05) is 19.6 Å². The predicted octanol–water partition coefficient (Wildman–Crippen LogP) is 1.77. The fourth-order valence-electron chi connectivity index (χ4n) is 2.33. The van der Waals surface area contributed by atoms with Gasteiger partial charge in [-0.2, -0.15) is 0 Å². The first kappa shape index (κ1) is 15.0. The number of rotatable bonds is 3. The molecule has 1 aromatic rings. The predicted molar refractivity (Wildman–Crippen MR) is 75.9 cm³/mol. The van der Waals surface area contributed by atoms with E-state index in [1.165, 1.54) is 5.56 Å². The standard InChI is InChI=1S/C14H20N2O.ClH/c1-11-4-2-3-5-13(11)8-14(17)16-7-6-12(9-15)10-16;/h2-5,12H,6-10,15H2,1H3;1H. The molecule has 1 unspecified atom stereocenters. The zero-order valence-electron chi connectivity index (χ0n) is 10.8. The van der Waals surface area contributed by atoms with E-state index in [4.69, 9.17) is 5.73 Å². The summed E-state index contributed by atoms with van der Waals surface area (Å²) >= 11 is 0. The highest BCUT2D eigenvalue weighted by Gasteiger charge is 2.25. The van der Waals surface area contributed by atoms with E-state index in [1.54, 1.807) is 0 Å². The molecule has 4 heteroatoms. The number of aryl methyl sites for hydroxylation is 1. The summed E-state index contributed by atoms with van der Waals surface area (Å²) in [4.78, 5) is 14.1. The highest BCUT2D eigenvalue weighted by Crippen LogP contribution is 2.17. The molecule has 1 aliphatic heterocycles. The zero-order chi connectivity index (χ0) is 12.3. The molecule has 0 bridgehead atoms. The Labute approximate surface area is 115 Å². The van der Waals surface area contributed by atoms with Crippen molar-refractivity contribution in [2.24, 2.45) is 11.7 Å². The monoisotopic (exact) mass is 268 g/mol. The van der Waals surface area contributed by atoms with Gasteiger partial charge < -0.3 is 10.6 Å². The van der Waals surface area contributed by atoms with E-state index in [1.807, 2.05) is 23.1 Å². The minimum absolute atomic E-state index is 0. The van der Waals surface area contributed by atoms with Crippen molar-refractivity contribution < 1.29 is 4.79 Å². The smallest absolute Gasteiger partial charge is 0.227 e. The van der Waals surface area contributed by atoms with Crippen molar-refractivity contribution in [3.63, 3.8) is 0 Å². The van der Waals surface area contributed by atoms with Crippen LogP contribution in [0.4, 0.5) is 0 Å². The van der Waals surface area contributed by atoms with Crippen LogP contribution in [0.3, 0.4) is 0 Å². The summed E-state index contributed by atoms with van der Waals surface area (Å²) in [6.45, 7) is 4.44. The Morgan fingerprint density at radius 1 is 1.44 bits per heavy atom. The average Bonchev–Trinajstić information content (AvgIpc) is 2.81. The van der Waals surface area contributed by atoms with Gasteiger partial charge in [0.1, 0.15) is 0 Å². The second-order valence-electron chi connectivity index (χ2n) is 4.83. The van der Waals surface area contributed by atoms with E-state index in [9.17, 15) is 4.79 Å². The molecule has 3 nitrogen and oxygen atoms in total. The summed E-state index contributed by atoms with van der Waals surface area (Å²) in [5.74, 6) is 0.728. The van der Waals surface area contributed by atoms with Gasteiger partial charge in [0, 0.05) is 13.1 Å². The first-order valence-electron chi connectivity index (χ1n) is 6.23. The van der Waals surface area contributed by atoms with Crippen LogP contribution in [0.2, 0.25) is 0 Å². The minimum atomic E-state index is 0. The normalized spacial score (nSPS) is 18.6. The number of hydrogen-bond donors (Lipinski definition) is 1. The molecule has 18 heavy (non-hydrogen) atoms. The molecule has 1 fully saturated rings. The molecular weight excluding hydrogens is 248 g/mol. The van der Waals surface area contributed by atoms with Crippen molar-refractivity contribution in [1.29, 1.82) is 0 Å². The van der Waals surface area contributed by atoms with Gasteiger partial charge in [-0.3, -0.25) is 4.79 Å². The maximum atomic E-state index is 12.1. The van der Waals surface area contributed by atoms with Crippen LogP contribution >= 0.6 is 12.4 Å². The van der Waals surface area contributed by atoms with Gasteiger partial charge in [-0.15, -0.1) is 12.4 Å². The molecular formula is C14H21ClN2O. The summed E-state index contributed by atoms with van der Waals surface area (Å²) < 4.78 is 0. The first-order chi connectivity index (χ1) is 8.20. The highest BCUT2D eigenvalue weighted by atomic mass is 35.5. The molecule has 2 rings (SSSR count).